The van der Waals surface area contributed by atoms with Crippen molar-refractivity contribution in [2.75, 3.05) is 19.0 Å². The van der Waals surface area contributed by atoms with Gasteiger partial charge in [-0.05, 0) is 49.4 Å². The monoisotopic (exact) mass is 348 g/mol. The van der Waals surface area contributed by atoms with Crippen LogP contribution in [0.5, 0.6) is 0 Å². The Bertz CT molecular complexity index is 794. The molecule has 0 radical (unpaired) electrons. The van der Waals surface area contributed by atoms with Crippen LogP contribution in [-0.2, 0) is 16.6 Å². The summed E-state index contributed by atoms with van der Waals surface area (Å²) in [6.07, 6.45) is 5.40. The van der Waals surface area contributed by atoms with Crippen LogP contribution in [0.25, 0.3) is 0 Å². The second-order valence-corrected chi connectivity index (χ2v) is 8.44. The fourth-order valence-electron chi connectivity index (χ4n) is 3.18. The number of hydrogen-bond acceptors (Lipinski definition) is 4. The number of anilines is 1. The number of aromatic nitrogens is 2. The summed E-state index contributed by atoms with van der Waals surface area (Å²) in [6, 6.07) is 7.17. The molecule has 0 unspecified atom stereocenters. The van der Waals surface area contributed by atoms with Gasteiger partial charge < -0.3 is 4.90 Å². The van der Waals surface area contributed by atoms with Crippen LogP contribution in [-0.4, -0.2) is 38.3 Å². The summed E-state index contributed by atoms with van der Waals surface area (Å²) in [7, 11) is 0.352. The lowest BCUT2D eigenvalue weighted by Crippen LogP contribution is -2.45. The van der Waals surface area contributed by atoms with Gasteiger partial charge in [-0.3, -0.25) is 4.68 Å². The van der Waals surface area contributed by atoms with Gasteiger partial charge in [0.25, 0.3) is 0 Å². The van der Waals surface area contributed by atoms with Crippen molar-refractivity contribution in [1.82, 2.24) is 14.5 Å². The van der Waals surface area contributed by atoms with E-state index in [9.17, 15) is 8.42 Å². The van der Waals surface area contributed by atoms with Gasteiger partial charge in [0, 0.05) is 44.8 Å². The lowest BCUT2D eigenvalue weighted by molar-refractivity contribution is 0.213. The summed E-state index contributed by atoms with van der Waals surface area (Å²) in [5.74, 6) is 0.480. The fourth-order valence-corrected chi connectivity index (χ4v) is 4.46. The highest BCUT2D eigenvalue weighted by molar-refractivity contribution is 7.89. The molecule has 0 aliphatic heterocycles. The first-order valence-corrected chi connectivity index (χ1v) is 9.61. The van der Waals surface area contributed by atoms with Gasteiger partial charge in [-0.15, -0.1) is 0 Å². The van der Waals surface area contributed by atoms with Crippen LogP contribution in [0.15, 0.2) is 41.6 Å². The van der Waals surface area contributed by atoms with Crippen LogP contribution in [0.3, 0.4) is 0 Å². The zero-order valence-electron chi connectivity index (χ0n) is 14.3. The van der Waals surface area contributed by atoms with Crippen molar-refractivity contribution in [1.29, 1.82) is 0 Å². The molecule has 1 N–H and O–H groups in total. The quantitative estimate of drug-likeness (QED) is 0.867. The fraction of sp³-hybridized carbons (Fsp3) is 0.471. The minimum absolute atomic E-state index is 0.0136. The molecule has 1 aromatic carbocycles. The van der Waals surface area contributed by atoms with Gasteiger partial charge in [0.05, 0.1) is 4.90 Å². The van der Waals surface area contributed by atoms with Gasteiger partial charge in [0.2, 0.25) is 10.0 Å². The van der Waals surface area contributed by atoms with E-state index in [1.807, 2.05) is 48.9 Å². The second kappa shape index (κ2) is 6.57. The first-order valence-electron chi connectivity index (χ1n) is 8.13. The van der Waals surface area contributed by atoms with Gasteiger partial charge in [0.1, 0.15) is 0 Å². The summed E-state index contributed by atoms with van der Waals surface area (Å²) < 4.78 is 29.9. The number of aryl methyl sites for hydroxylation is 1. The highest BCUT2D eigenvalue weighted by Gasteiger charge is 2.33. The molecule has 1 aliphatic rings. The Morgan fingerprint density at radius 2 is 2.08 bits per heavy atom. The van der Waals surface area contributed by atoms with Crippen LogP contribution >= 0.6 is 0 Å². The smallest absolute Gasteiger partial charge is 0.240 e. The van der Waals surface area contributed by atoms with Crippen molar-refractivity contribution in [3.8, 4) is 0 Å². The van der Waals surface area contributed by atoms with Crippen LogP contribution in [0.1, 0.15) is 18.4 Å². The molecule has 0 amide bonds. The Morgan fingerprint density at radius 1 is 1.33 bits per heavy atom. The largest absolute Gasteiger partial charge is 0.377 e. The number of sulfonamides is 1. The Labute approximate surface area is 143 Å². The molecule has 0 spiro atoms. The zero-order chi connectivity index (χ0) is 17.3. The van der Waals surface area contributed by atoms with Gasteiger partial charge in [-0.1, -0.05) is 6.07 Å². The summed E-state index contributed by atoms with van der Waals surface area (Å²) >= 11 is 0. The van der Waals surface area contributed by atoms with E-state index in [2.05, 4.69) is 9.82 Å². The topological polar surface area (TPSA) is 67.2 Å². The van der Waals surface area contributed by atoms with Crippen molar-refractivity contribution < 1.29 is 8.42 Å². The number of rotatable bonds is 6. The predicted molar refractivity (Wildman–Crippen MR) is 94.6 cm³/mol. The van der Waals surface area contributed by atoms with Crippen LogP contribution in [0.2, 0.25) is 0 Å². The van der Waals surface area contributed by atoms with Crippen molar-refractivity contribution in [2.45, 2.75) is 37.2 Å². The van der Waals surface area contributed by atoms with E-state index in [0.717, 1.165) is 30.6 Å². The molecular formula is C17H24N4O2S. The molecule has 0 atom stereocenters. The minimum Gasteiger partial charge on any atom is -0.377 e. The van der Waals surface area contributed by atoms with E-state index in [-0.39, 0.29) is 6.04 Å². The zero-order valence-corrected chi connectivity index (χ0v) is 15.1. The van der Waals surface area contributed by atoms with Gasteiger partial charge in [-0.2, -0.15) is 5.10 Å². The molecule has 1 fully saturated rings. The molecular weight excluding hydrogens is 324 g/mol. The van der Waals surface area contributed by atoms with Gasteiger partial charge in [0.15, 0.2) is 0 Å². The summed E-state index contributed by atoms with van der Waals surface area (Å²) in [4.78, 5) is 2.25. The summed E-state index contributed by atoms with van der Waals surface area (Å²) in [5, 5.41) is 4.19. The van der Waals surface area contributed by atoms with E-state index in [4.69, 9.17) is 0 Å². The third-order valence-electron chi connectivity index (χ3n) is 4.53. The highest BCUT2D eigenvalue weighted by atomic mass is 32.2. The van der Waals surface area contributed by atoms with Crippen LogP contribution < -0.4 is 9.62 Å². The maximum Gasteiger partial charge on any atom is 0.240 e. The molecule has 1 saturated carbocycles. The molecule has 1 aromatic heterocycles. The molecule has 2 aromatic rings. The molecule has 130 valence electrons. The number of nitrogens with zero attached hydrogens (tertiary/aromatic N) is 3. The average Bonchev–Trinajstić information content (AvgIpc) is 2.97. The molecule has 6 nitrogen and oxygen atoms in total. The van der Waals surface area contributed by atoms with Crippen molar-refractivity contribution in [3.63, 3.8) is 0 Å². The van der Waals surface area contributed by atoms with Gasteiger partial charge >= 0.3 is 0 Å². The van der Waals surface area contributed by atoms with Crippen molar-refractivity contribution >= 4 is 15.7 Å². The van der Waals surface area contributed by atoms with E-state index in [0.29, 0.717) is 10.8 Å². The maximum atomic E-state index is 12.6. The molecule has 0 saturated heterocycles. The number of hydrogen-bond donors (Lipinski definition) is 1. The minimum atomic E-state index is -3.48. The normalized spacial score (nSPS) is 20.6. The molecule has 1 heterocycles. The van der Waals surface area contributed by atoms with E-state index >= 15 is 0 Å². The Balaban J connectivity index is 1.62. The third-order valence-corrected chi connectivity index (χ3v) is 6.05. The van der Waals surface area contributed by atoms with Crippen LogP contribution in [0, 0.1) is 12.8 Å². The highest BCUT2D eigenvalue weighted by Crippen LogP contribution is 2.30. The molecule has 7 heteroatoms. The SMILES string of the molecule is Cc1ccc(S(=O)(=O)NC2CC(Cn3cccn3)C2)cc1N(C)C. The van der Waals surface area contributed by atoms with Crippen molar-refractivity contribution in [3.05, 3.63) is 42.2 Å². The van der Waals surface area contributed by atoms with Crippen LogP contribution in [0.4, 0.5) is 5.69 Å². The molecule has 3 rings (SSSR count). The van der Waals surface area contributed by atoms with E-state index in [1.165, 1.54) is 0 Å². The Kier molecular flexibility index (Phi) is 4.64. The van der Waals surface area contributed by atoms with E-state index < -0.39 is 10.0 Å². The Hall–Kier alpha value is -1.86. The molecule has 24 heavy (non-hydrogen) atoms. The lowest BCUT2D eigenvalue weighted by Gasteiger charge is -2.35. The van der Waals surface area contributed by atoms with Crippen molar-refractivity contribution in [2.24, 2.45) is 5.92 Å². The number of benzene rings is 1. The van der Waals surface area contributed by atoms with E-state index in [1.54, 1.807) is 18.3 Å². The number of nitrogens with one attached hydrogen (secondary N) is 1. The first-order chi connectivity index (χ1) is 11.3. The second-order valence-electron chi connectivity index (χ2n) is 6.73. The summed E-state index contributed by atoms with van der Waals surface area (Å²) in [5.41, 5.74) is 1.98. The van der Waals surface area contributed by atoms with Gasteiger partial charge in [-0.25, -0.2) is 13.1 Å². The lowest BCUT2D eigenvalue weighted by atomic mass is 9.81. The standard InChI is InChI=1S/C17H24N4O2S/c1-13-5-6-16(11-17(13)20(2)3)24(22,23)19-15-9-14(10-15)12-21-8-4-7-18-21/h4-8,11,14-15,19H,9-10,12H2,1-3H3. The predicted octanol–water partition coefficient (Wildman–Crippen LogP) is 2.01. The average molecular weight is 348 g/mol. The maximum absolute atomic E-state index is 12.6. The Morgan fingerprint density at radius 3 is 2.71 bits per heavy atom. The molecule has 1 aliphatic carbocycles. The third kappa shape index (κ3) is 3.62. The first kappa shape index (κ1) is 17.0. The molecule has 0 bridgehead atoms. The summed E-state index contributed by atoms with van der Waals surface area (Å²) in [6.45, 7) is 2.82.